The average Bonchev–Trinajstić information content (AvgIpc) is 2.82. The second-order valence-electron chi connectivity index (χ2n) is 8.39. The van der Waals surface area contributed by atoms with Crippen molar-refractivity contribution >= 4 is 23.5 Å². The Morgan fingerprint density at radius 1 is 0.562 bits per heavy atom. The Morgan fingerprint density at radius 2 is 1.00 bits per heavy atom. The third-order valence-electron chi connectivity index (χ3n) is 5.57. The Balaban J connectivity index is 1.64. The van der Waals surface area contributed by atoms with E-state index in [0.29, 0.717) is 0 Å². The van der Waals surface area contributed by atoms with Crippen LogP contribution in [0.4, 0.5) is 0 Å². The fourth-order valence-corrected chi connectivity index (χ4v) is 5.76. The molecular formula is C28H44N2S2. The molecule has 178 valence electrons. The van der Waals surface area contributed by atoms with Crippen molar-refractivity contribution in [1.82, 2.24) is 10.6 Å². The summed E-state index contributed by atoms with van der Waals surface area (Å²) in [6, 6.07) is 17.7. The molecule has 2 rings (SSSR count). The molecule has 0 saturated heterocycles. The fourth-order valence-electron chi connectivity index (χ4n) is 3.63. The van der Waals surface area contributed by atoms with Crippen LogP contribution in [0.5, 0.6) is 0 Å². The van der Waals surface area contributed by atoms with Crippen LogP contribution in [0.2, 0.25) is 0 Å². The SMILES string of the molecule is CCCCCCSc1ccccc1CNCCNCc1ccccc1SCCCCCC. The van der Waals surface area contributed by atoms with E-state index in [9.17, 15) is 0 Å². The molecule has 2 nitrogen and oxygen atoms in total. The van der Waals surface area contributed by atoms with Gasteiger partial charge in [0.15, 0.2) is 0 Å². The van der Waals surface area contributed by atoms with Gasteiger partial charge in [-0.1, -0.05) is 88.8 Å². The van der Waals surface area contributed by atoms with E-state index in [2.05, 4.69) is 73.0 Å². The van der Waals surface area contributed by atoms with Crippen molar-refractivity contribution < 1.29 is 0 Å². The quantitative estimate of drug-likeness (QED) is 0.160. The molecule has 0 amide bonds. The topological polar surface area (TPSA) is 24.1 Å². The largest absolute Gasteiger partial charge is 0.311 e. The highest BCUT2D eigenvalue weighted by molar-refractivity contribution is 7.99. The van der Waals surface area contributed by atoms with E-state index in [1.807, 2.05) is 23.5 Å². The molecule has 0 atom stereocenters. The predicted molar refractivity (Wildman–Crippen MR) is 146 cm³/mol. The molecule has 0 fully saturated rings. The highest BCUT2D eigenvalue weighted by atomic mass is 32.2. The Bertz CT molecular complexity index is 659. The van der Waals surface area contributed by atoms with Crippen LogP contribution < -0.4 is 10.6 Å². The second kappa shape index (κ2) is 18.5. The molecule has 0 aliphatic carbocycles. The summed E-state index contributed by atoms with van der Waals surface area (Å²) in [5.41, 5.74) is 2.86. The summed E-state index contributed by atoms with van der Waals surface area (Å²) >= 11 is 4.03. The van der Waals surface area contributed by atoms with Crippen LogP contribution in [0.3, 0.4) is 0 Å². The molecule has 0 heterocycles. The van der Waals surface area contributed by atoms with Crippen LogP contribution >= 0.6 is 23.5 Å². The number of hydrogen-bond acceptors (Lipinski definition) is 4. The van der Waals surface area contributed by atoms with Crippen molar-refractivity contribution in [1.29, 1.82) is 0 Å². The molecule has 0 unspecified atom stereocenters. The van der Waals surface area contributed by atoms with Gasteiger partial charge in [-0.25, -0.2) is 0 Å². The van der Waals surface area contributed by atoms with Gasteiger partial charge in [-0.15, -0.1) is 23.5 Å². The normalized spacial score (nSPS) is 11.2. The van der Waals surface area contributed by atoms with Gasteiger partial charge in [-0.2, -0.15) is 0 Å². The van der Waals surface area contributed by atoms with Crippen molar-refractivity contribution in [3.05, 3.63) is 59.7 Å². The molecular weight excluding hydrogens is 428 g/mol. The minimum absolute atomic E-state index is 0.948. The molecule has 4 heteroatoms. The van der Waals surface area contributed by atoms with Crippen LogP contribution in [-0.4, -0.2) is 24.6 Å². The highest BCUT2D eigenvalue weighted by Crippen LogP contribution is 2.25. The first-order chi connectivity index (χ1) is 15.8. The van der Waals surface area contributed by atoms with Crippen molar-refractivity contribution in [2.75, 3.05) is 24.6 Å². The van der Waals surface area contributed by atoms with Gasteiger partial charge >= 0.3 is 0 Å². The highest BCUT2D eigenvalue weighted by Gasteiger charge is 2.04. The lowest BCUT2D eigenvalue weighted by Crippen LogP contribution is -2.27. The number of rotatable bonds is 19. The molecule has 2 N–H and O–H groups in total. The van der Waals surface area contributed by atoms with E-state index in [0.717, 1.165) is 26.2 Å². The molecule has 0 aromatic heterocycles. The molecule has 32 heavy (non-hydrogen) atoms. The van der Waals surface area contributed by atoms with Gasteiger partial charge in [0.25, 0.3) is 0 Å². The summed E-state index contributed by atoms with van der Waals surface area (Å²) in [6.45, 7) is 8.42. The first-order valence-electron chi connectivity index (χ1n) is 12.7. The zero-order valence-corrected chi connectivity index (χ0v) is 22.0. The molecule has 0 aliphatic rings. The third kappa shape index (κ3) is 11.8. The number of thioether (sulfide) groups is 2. The molecule has 0 saturated carbocycles. The minimum atomic E-state index is 0.948. The van der Waals surface area contributed by atoms with Crippen LogP contribution in [0.25, 0.3) is 0 Å². The minimum Gasteiger partial charge on any atom is -0.311 e. The van der Waals surface area contributed by atoms with Gasteiger partial charge in [0.05, 0.1) is 0 Å². The van der Waals surface area contributed by atoms with E-state index in [4.69, 9.17) is 0 Å². The lowest BCUT2D eigenvalue weighted by Gasteiger charge is -2.12. The Kier molecular flexibility index (Phi) is 15.8. The van der Waals surface area contributed by atoms with Gasteiger partial charge in [0.2, 0.25) is 0 Å². The molecule has 2 aromatic carbocycles. The van der Waals surface area contributed by atoms with Crippen molar-refractivity contribution in [2.45, 2.75) is 88.1 Å². The molecule has 2 aromatic rings. The third-order valence-corrected chi connectivity index (χ3v) is 7.97. The van der Waals surface area contributed by atoms with Gasteiger partial charge in [0.1, 0.15) is 0 Å². The van der Waals surface area contributed by atoms with E-state index < -0.39 is 0 Å². The average molecular weight is 473 g/mol. The Hall–Kier alpha value is -0.940. The molecule has 0 radical (unpaired) electrons. The number of benzene rings is 2. The Labute approximate surface area is 206 Å². The van der Waals surface area contributed by atoms with Crippen LogP contribution in [0, 0.1) is 0 Å². The summed E-state index contributed by atoms with van der Waals surface area (Å²) < 4.78 is 0. The summed E-state index contributed by atoms with van der Waals surface area (Å²) in [7, 11) is 0. The van der Waals surface area contributed by atoms with Crippen molar-refractivity contribution in [2.24, 2.45) is 0 Å². The standard InChI is InChI=1S/C28H44N2S2/c1-3-5-7-13-21-31-27-17-11-9-15-25(27)23-29-19-20-30-24-26-16-10-12-18-28(26)32-22-14-8-6-4-2/h9-12,15-18,29-30H,3-8,13-14,19-24H2,1-2H3. The van der Waals surface area contributed by atoms with E-state index in [-0.39, 0.29) is 0 Å². The van der Waals surface area contributed by atoms with E-state index >= 15 is 0 Å². The monoisotopic (exact) mass is 472 g/mol. The first kappa shape index (κ1) is 27.3. The van der Waals surface area contributed by atoms with Crippen LogP contribution in [0.1, 0.15) is 76.3 Å². The van der Waals surface area contributed by atoms with Gasteiger partial charge < -0.3 is 10.6 Å². The van der Waals surface area contributed by atoms with Crippen LogP contribution in [0.15, 0.2) is 58.3 Å². The maximum absolute atomic E-state index is 3.63. The predicted octanol–water partition coefficient (Wildman–Crippen LogP) is 7.91. The zero-order chi connectivity index (χ0) is 22.7. The number of nitrogens with one attached hydrogen (secondary N) is 2. The number of hydrogen-bond donors (Lipinski definition) is 2. The second-order valence-corrected chi connectivity index (χ2v) is 10.7. The summed E-state index contributed by atoms with van der Waals surface area (Å²) in [5, 5.41) is 7.25. The summed E-state index contributed by atoms with van der Waals surface area (Å²) in [4.78, 5) is 2.88. The van der Waals surface area contributed by atoms with Crippen molar-refractivity contribution in [3.8, 4) is 0 Å². The number of unbranched alkanes of at least 4 members (excludes halogenated alkanes) is 6. The van der Waals surface area contributed by atoms with Gasteiger partial charge in [-0.05, 0) is 47.6 Å². The fraction of sp³-hybridized carbons (Fsp3) is 0.571. The lowest BCUT2D eigenvalue weighted by atomic mass is 10.2. The first-order valence-corrected chi connectivity index (χ1v) is 14.6. The van der Waals surface area contributed by atoms with Crippen molar-refractivity contribution in [3.63, 3.8) is 0 Å². The molecule has 0 bridgehead atoms. The summed E-state index contributed by atoms with van der Waals surface area (Å²) in [5.74, 6) is 2.46. The maximum atomic E-state index is 3.63. The maximum Gasteiger partial charge on any atom is 0.0217 e. The Morgan fingerprint density at radius 3 is 1.44 bits per heavy atom. The van der Waals surface area contributed by atoms with Gasteiger partial charge in [-0.3, -0.25) is 0 Å². The van der Waals surface area contributed by atoms with E-state index in [1.54, 1.807) is 0 Å². The molecule has 0 spiro atoms. The van der Waals surface area contributed by atoms with Crippen LogP contribution in [-0.2, 0) is 13.1 Å². The smallest absolute Gasteiger partial charge is 0.0217 e. The summed E-state index contributed by atoms with van der Waals surface area (Å²) in [6.07, 6.45) is 10.7. The van der Waals surface area contributed by atoms with E-state index in [1.165, 1.54) is 83.8 Å². The zero-order valence-electron chi connectivity index (χ0n) is 20.3. The molecule has 0 aliphatic heterocycles. The lowest BCUT2D eigenvalue weighted by molar-refractivity contribution is 0.605. The van der Waals surface area contributed by atoms with Gasteiger partial charge in [0, 0.05) is 36.0 Å².